The van der Waals surface area contributed by atoms with E-state index in [1.54, 1.807) is 0 Å². The summed E-state index contributed by atoms with van der Waals surface area (Å²) in [6.07, 6.45) is 0. The molecule has 1 nitrogen and oxygen atoms in total. The average Bonchev–Trinajstić information content (AvgIpc) is 3.15. The highest BCUT2D eigenvalue weighted by molar-refractivity contribution is 9.10. The Morgan fingerprint density at radius 3 is 1.97 bits per heavy atom. The van der Waals surface area contributed by atoms with E-state index in [9.17, 15) is 0 Å². The predicted octanol–water partition coefficient (Wildman–Crippen LogP) is 8.37. The molecule has 0 amide bonds. The van der Waals surface area contributed by atoms with Gasteiger partial charge in [-0.25, -0.2) is 0 Å². The van der Waals surface area contributed by atoms with Crippen LogP contribution in [0.4, 0.5) is 0 Å². The van der Waals surface area contributed by atoms with Crippen LogP contribution < -0.4 is 0 Å². The van der Waals surface area contributed by atoms with Crippen LogP contribution in [0.2, 0.25) is 0 Å². The van der Waals surface area contributed by atoms with Gasteiger partial charge in [0.2, 0.25) is 0 Å². The molecule has 0 atom stereocenters. The minimum atomic E-state index is 1.11. The molecule has 0 fully saturated rings. The monoisotopic (exact) mass is 447 g/mol. The van der Waals surface area contributed by atoms with Crippen LogP contribution in [-0.4, -0.2) is 4.57 Å². The van der Waals surface area contributed by atoms with E-state index in [1.807, 2.05) is 0 Å². The van der Waals surface area contributed by atoms with Gasteiger partial charge in [-0.3, -0.25) is 0 Å². The molecule has 0 N–H and O–H groups in total. The molecule has 1 aromatic heterocycles. The molecule has 142 valence electrons. The van der Waals surface area contributed by atoms with Gasteiger partial charge in [0, 0.05) is 26.5 Å². The van der Waals surface area contributed by atoms with Crippen LogP contribution in [-0.2, 0) is 0 Å². The van der Waals surface area contributed by atoms with Crippen molar-refractivity contribution in [3.8, 4) is 16.8 Å². The van der Waals surface area contributed by atoms with Crippen LogP contribution in [0, 0.1) is 0 Å². The topological polar surface area (TPSA) is 4.93 Å². The van der Waals surface area contributed by atoms with Crippen LogP contribution in [0.25, 0.3) is 49.4 Å². The third kappa shape index (κ3) is 2.54. The molecule has 6 rings (SSSR count). The van der Waals surface area contributed by atoms with Gasteiger partial charge in [-0.1, -0.05) is 94.8 Å². The summed E-state index contributed by atoms with van der Waals surface area (Å²) in [5, 5.41) is 5.12. The van der Waals surface area contributed by atoms with Gasteiger partial charge < -0.3 is 4.57 Å². The second-order valence-corrected chi connectivity index (χ2v) is 8.39. The van der Waals surface area contributed by atoms with E-state index in [0.29, 0.717) is 0 Å². The van der Waals surface area contributed by atoms with E-state index in [1.165, 1.54) is 49.4 Å². The molecule has 0 aliphatic heterocycles. The standard InChI is InChI=1S/C28H18BrN/c29-23-16-18-25-28(26(23)20-10-3-1-4-11-20)27-22-14-8-7-9-19(22)15-17-24(27)30(25)21-12-5-2-6-13-21/h1-18H. The van der Waals surface area contributed by atoms with Crippen LogP contribution in [0.5, 0.6) is 0 Å². The van der Waals surface area contributed by atoms with Crippen molar-refractivity contribution in [2.45, 2.75) is 0 Å². The Morgan fingerprint density at radius 1 is 0.533 bits per heavy atom. The Kier molecular flexibility index (Phi) is 4.00. The highest BCUT2D eigenvalue weighted by Gasteiger charge is 2.19. The Bertz CT molecular complexity index is 1530. The SMILES string of the molecule is Brc1ccc2c(c1-c1ccccc1)c1c3ccccc3ccc1n2-c1ccccc1. The van der Waals surface area contributed by atoms with Gasteiger partial charge in [-0.2, -0.15) is 0 Å². The number of aromatic nitrogens is 1. The molecule has 5 aromatic carbocycles. The number of rotatable bonds is 2. The lowest BCUT2D eigenvalue weighted by Gasteiger charge is -2.10. The Morgan fingerprint density at radius 2 is 1.17 bits per heavy atom. The van der Waals surface area contributed by atoms with Crippen molar-refractivity contribution in [3.05, 3.63) is 114 Å². The first-order chi connectivity index (χ1) is 14.8. The summed E-state index contributed by atoms with van der Waals surface area (Å²) in [7, 11) is 0. The maximum Gasteiger partial charge on any atom is 0.0548 e. The normalized spacial score (nSPS) is 11.5. The number of para-hydroxylation sites is 1. The zero-order valence-corrected chi connectivity index (χ0v) is 17.8. The molecular weight excluding hydrogens is 430 g/mol. The Hall–Kier alpha value is -3.36. The van der Waals surface area contributed by atoms with Crippen LogP contribution in [0.15, 0.2) is 114 Å². The third-order valence-corrected chi connectivity index (χ3v) is 6.51. The van der Waals surface area contributed by atoms with Gasteiger partial charge in [-0.05, 0) is 46.7 Å². The van der Waals surface area contributed by atoms with Gasteiger partial charge in [0.15, 0.2) is 0 Å². The highest BCUT2D eigenvalue weighted by atomic mass is 79.9. The van der Waals surface area contributed by atoms with Gasteiger partial charge in [-0.15, -0.1) is 0 Å². The summed E-state index contributed by atoms with van der Waals surface area (Å²) >= 11 is 3.86. The van der Waals surface area contributed by atoms with Crippen LogP contribution >= 0.6 is 15.9 Å². The van der Waals surface area contributed by atoms with Crippen LogP contribution in [0.1, 0.15) is 0 Å². The number of nitrogens with zero attached hydrogens (tertiary/aromatic N) is 1. The molecule has 0 radical (unpaired) electrons. The van der Waals surface area contributed by atoms with Crippen molar-refractivity contribution in [1.82, 2.24) is 4.57 Å². The number of halogens is 1. The molecule has 0 unspecified atom stereocenters. The first kappa shape index (κ1) is 17.5. The van der Waals surface area contributed by atoms with Crippen molar-refractivity contribution < 1.29 is 0 Å². The molecule has 0 saturated carbocycles. The van der Waals surface area contributed by atoms with E-state index in [4.69, 9.17) is 0 Å². The molecule has 6 aromatic rings. The van der Waals surface area contributed by atoms with Gasteiger partial charge in [0.05, 0.1) is 11.0 Å². The number of fused-ring (bicyclic) bond motifs is 5. The molecule has 0 aliphatic rings. The summed E-state index contributed by atoms with van der Waals surface area (Å²) in [5.74, 6) is 0. The zero-order chi connectivity index (χ0) is 20.1. The largest absolute Gasteiger partial charge is 0.309 e. The molecule has 1 heterocycles. The Balaban J connectivity index is 1.91. The molecular formula is C28H18BrN. The average molecular weight is 448 g/mol. The molecule has 0 saturated heterocycles. The first-order valence-corrected chi connectivity index (χ1v) is 10.9. The maximum absolute atomic E-state index is 3.86. The molecule has 2 heteroatoms. The highest BCUT2D eigenvalue weighted by Crippen LogP contribution is 2.44. The second-order valence-electron chi connectivity index (χ2n) is 7.53. The lowest BCUT2D eigenvalue weighted by Crippen LogP contribution is -1.93. The second kappa shape index (κ2) is 6.86. The summed E-state index contributed by atoms with van der Waals surface area (Å²) in [4.78, 5) is 0. The Labute approximate surface area is 183 Å². The minimum Gasteiger partial charge on any atom is -0.309 e. The number of hydrogen-bond acceptors (Lipinski definition) is 0. The molecule has 0 bridgehead atoms. The fourth-order valence-electron chi connectivity index (χ4n) is 4.59. The summed E-state index contributed by atoms with van der Waals surface area (Å²) in [6.45, 7) is 0. The smallest absolute Gasteiger partial charge is 0.0548 e. The van der Waals surface area contributed by atoms with Gasteiger partial charge >= 0.3 is 0 Å². The fourth-order valence-corrected chi connectivity index (χ4v) is 5.15. The number of benzene rings is 5. The molecule has 0 spiro atoms. The number of hydrogen-bond donors (Lipinski definition) is 0. The van der Waals surface area contributed by atoms with E-state index in [0.717, 1.165) is 4.47 Å². The van der Waals surface area contributed by atoms with Crippen molar-refractivity contribution >= 4 is 48.5 Å². The summed E-state index contributed by atoms with van der Waals surface area (Å²) < 4.78 is 3.50. The van der Waals surface area contributed by atoms with Crippen molar-refractivity contribution in [2.75, 3.05) is 0 Å². The van der Waals surface area contributed by atoms with Crippen molar-refractivity contribution in [2.24, 2.45) is 0 Å². The van der Waals surface area contributed by atoms with Gasteiger partial charge in [0.1, 0.15) is 0 Å². The fraction of sp³-hybridized carbons (Fsp3) is 0. The van der Waals surface area contributed by atoms with Crippen LogP contribution in [0.3, 0.4) is 0 Å². The zero-order valence-electron chi connectivity index (χ0n) is 16.2. The van der Waals surface area contributed by atoms with Crippen molar-refractivity contribution in [1.29, 1.82) is 0 Å². The summed E-state index contributed by atoms with van der Waals surface area (Å²) in [6, 6.07) is 38.9. The molecule has 0 aliphatic carbocycles. The minimum absolute atomic E-state index is 1.11. The van der Waals surface area contributed by atoms with Gasteiger partial charge in [0.25, 0.3) is 0 Å². The maximum atomic E-state index is 3.86. The first-order valence-electron chi connectivity index (χ1n) is 10.1. The van der Waals surface area contributed by atoms with E-state index >= 15 is 0 Å². The quantitative estimate of drug-likeness (QED) is 0.251. The van der Waals surface area contributed by atoms with E-state index in [-0.39, 0.29) is 0 Å². The predicted molar refractivity (Wildman–Crippen MR) is 131 cm³/mol. The van der Waals surface area contributed by atoms with Crippen molar-refractivity contribution in [3.63, 3.8) is 0 Å². The lowest BCUT2D eigenvalue weighted by molar-refractivity contribution is 1.18. The summed E-state index contributed by atoms with van der Waals surface area (Å²) in [5.41, 5.74) is 6.08. The van der Waals surface area contributed by atoms with E-state index < -0.39 is 0 Å². The third-order valence-electron chi connectivity index (χ3n) is 5.85. The molecule has 30 heavy (non-hydrogen) atoms. The van der Waals surface area contributed by atoms with E-state index in [2.05, 4.69) is 130 Å². The lowest BCUT2D eigenvalue weighted by atomic mass is 9.97.